The number of hydrogen-bond donors (Lipinski definition) is 0. The highest BCUT2D eigenvalue weighted by Crippen LogP contribution is 2.40. The molecule has 7 aromatic rings. The first-order valence-corrected chi connectivity index (χ1v) is 16.1. The number of rotatable bonds is 6. The van der Waals surface area contributed by atoms with E-state index in [2.05, 4.69) is 185 Å². The molecule has 0 N–H and O–H groups in total. The minimum absolute atomic E-state index is 1.19. The van der Waals surface area contributed by atoms with Gasteiger partial charge in [0.1, 0.15) is 0 Å². The predicted octanol–water partition coefficient (Wildman–Crippen LogP) is 12.9. The lowest BCUT2D eigenvalue weighted by Gasteiger charge is -2.17. The summed E-state index contributed by atoms with van der Waals surface area (Å²) >= 11 is 0. The van der Waals surface area contributed by atoms with Gasteiger partial charge in [0.05, 0.1) is 0 Å². The van der Waals surface area contributed by atoms with E-state index in [1.54, 1.807) is 0 Å². The number of benzene rings is 7. The Morgan fingerprint density at radius 3 is 1.04 bits per heavy atom. The fourth-order valence-corrected chi connectivity index (χ4v) is 6.78. The highest BCUT2D eigenvalue weighted by Gasteiger charge is 2.15. The summed E-state index contributed by atoms with van der Waals surface area (Å²) in [5.41, 5.74) is 15.0. The fraction of sp³-hybridized carbons (Fsp3) is 0.0870. The summed E-state index contributed by atoms with van der Waals surface area (Å²) in [5, 5.41) is 5.00. The molecule has 0 aromatic heterocycles. The van der Waals surface area contributed by atoms with Crippen LogP contribution in [-0.4, -0.2) is 0 Å². The molecule has 0 heteroatoms. The molecule has 0 saturated carbocycles. The van der Waals surface area contributed by atoms with Crippen LogP contribution in [-0.2, 0) is 0 Å². The van der Waals surface area contributed by atoms with Crippen LogP contribution in [0.25, 0.3) is 68.1 Å². The Balaban J connectivity index is 1.54. The van der Waals surface area contributed by atoms with Gasteiger partial charge in [-0.25, -0.2) is 0 Å². The van der Waals surface area contributed by atoms with E-state index < -0.39 is 0 Å². The Morgan fingerprint density at radius 2 is 0.674 bits per heavy atom. The van der Waals surface area contributed by atoms with Gasteiger partial charge in [0, 0.05) is 0 Å². The van der Waals surface area contributed by atoms with Crippen LogP contribution in [0.5, 0.6) is 0 Å². The van der Waals surface area contributed by atoms with E-state index in [-0.39, 0.29) is 0 Å². The molecule has 7 aromatic carbocycles. The number of aryl methyl sites for hydroxylation is 4. The number of fused-ring (bicyclic) bond motifs is 2. The second-order valence-electron chi connectivity index (χ2n) is 12.6. The van der Waals surface area contributed by atoms with E-state index in [1.165, 1.54) is 88.3 Å². The van der Waals surface area contributed by atoms with E-state index in [4.69, 9.17) is 0 Å². The summed E-state index contributed by atoms with van der Waals surface area (Å²) < 4.78 is 0. The molecule has 0 amide bonds. The average molecular weight is 591 g/mol. The van der Waals surface area contributed by atoms with Crippen molar-refractivity contribution in [2.75, 3.05) is 0 Å². The van der Waals surface area contributed by atoms with Crippen LogP contribution in [0.2, 0.25) is 0 Å². The zero-order valence-electron chi connectivity index (χ0n) is 27.0. The smallest absolute Gasteiger partial charge is 0.00928 e. The molecule has 46 heavy (non-hydrogen) atoms. The third-order valence-corrected chi connectivity index (χ3v) is 8.79. The maximum atomic E-state index is 2.39. The van der Waals surface area contributed by atoms with Crippen molar-refractivity contribution in [2.45, 2.75) is 27.7 Å². The Hall–Kier alpha value is -5.46. The Kier molecular flexibility index (Phi) is 7.95. The molecule has 0 spiro atoms. The molecular weight excluding hydrogens is 553 g/mol. The Labute approximate surface area is 273 Å². The molecule has 0 nitrogen and oxygen atoms in total. The zero-order valence-corrected chi connectivity index (χ0v) is 27.0. The highest BCUT2D eigenvalue weighted by atomic mass is 14.2. The van der Waals surface area contributed by atoms with Crippen molar-refractivity contribution in [3.8, 4) is 22.3 Å². The van der Waals surface area contributed by atoms with Crippen LogP contribution in [0.4, 0.5) is 0 Å². The number of hydrogen-bond acceptors (Lipinski definition) is 0. The molecule has 0 saturated heterocycles. The van der Waals surface area contributed by atoms with Crippen molar-refractivity contribution < 1.29 is 0 Å². The van der Waals surface area contributed by atoms with Crippen LogP contribution in [0.1, 0.15) is 44.5 Å². The van der Waals surface area contributed by atoms with Gasteiger partial charge in [-0.15, -0.1) is 0 Å². The van der Waals surface area contributed by atoms with E-state index in [0.717, 1.165) is 0 Å². The van der Waals surface area contributed by atoms with Crippen molar-refractivity contribution in [1.82, 2.24) is 0 Å². The maximum absolute atomic E-state index is 2.39. The minimum atomic E-state index is 1.19. The molecule has 0 aliphatic heterocycles. The fourth-order valence-electron chi connectivity index (χ4n) is 6.78. The van der Waals surface area contributed by atoms with Gasteiger partial charge in [0.25, 0.3) is 0 Å². The van der Waals surface area contributed by atoms with Gasteiger partial charge in [-0.3, -0.25) is 0 Å². The molecule has 0 unspecified atom stereocenters. The molecule has 7 rings (SSSR count). The van der Waals surface area contributed by atoms with E-state index in [0.29, 0.717) is 0 Å². The second-order valence-corrected chi connectivity index (χ2v) is 12.6. The SMILES string of the molecule is Cc1cc(C)cc(-c2ccc3c(/C=C/c4ccccc4)c4cc(-c5cc(C)cc(C)c5)ccc4c(/C=C/c4ccccc4)c3c2)c1. The predicted molar refractivity (Wildman–Crippen MR) is 202 cm³/mol. The molecular formula is C46H38. The van der Waals surface area contributed by atoms with Gasteiger partial charge < -0.3 is 0 Å². The maximum Gasteiger partial charge on any atom is -0.00928 e. The molecule has 0 aliphatic rings. The van der Waals surface area contributed by atoms with Crippen molar-refractivity contribution in [1.29, 1.82) is 0 Å². The van der Waals surface area contributed by atoms with Crippen molar-refractivity contribution in [3.05, 3.63) is 178 Å². The normalized spacial score (nSPS) is 11.7. The van der Waals surface area contributed by atoms with Gasteiger partial charge in [0.2, 0.25) is 0 Å². The van der Waals surface area contributed by atoms with Crippen molar-refractivity contribution in [2.24, 2.45) is 0 Å². The molecule has 0 radical (unpaired) electrons. The minimum Gasteiger partial charge on any atom is -0.0622 e. The third kappa shape index (κ3) is 6.08. The van der Waals surface area contributed by atoms with Crippen LogP contribution in [0, 0.1) is 27.7 Å². The summed E-state index contributed by atoms with van der Waals surface area (Å²) in [4.78, 5) is 0. The highest BCUT2D eigenvalue weighted by molar-refractivity contribution is 6.15. The summed E-state index contributed by atoms with van der Waals surface area (Å²) in [7, 11) is 0. The Bertz CT molecular complexity index is 2060. The molecule has 0 aliphatic carbocycles. The van der Waals surface area contributed by atoms with Gasteiger partial charge in [-0.1, -0.05) is 168 Å². The van der Waals surface area contributed by atoms with Gasteiger partial charge >= 0.3 is 0 Å². The molecule has 0 fully saturated rings. The lowest BCUT2D eigenvalue weighted by Crippen LogP contribution is -1.92. The Morgan fingerprint density at radius 1 is 0.304 bits per heavy atom. The molecule has 0 heterocycles. The standard InChI is InChI=1S/C46H38/c1-31-23-32(2)26-39(25-31)37-17-21-43-42(20-16-36-13-9-6-10-14-36)46-30-38(40-27-33(3)24-34(4)28-40)18-22-44(46)41(45(43)29-37)19-15-35-11-7-5-8-12-35/h5-30H,1-4H3/b19-15+,20-16+. The monoisotopic (exact) mass is 590 g/mol. The average Bonchev–Trinajstić information content (AvgIpc) is 3.06. The van der Waals surface area contributed by atoms with Gasteiger partial charge in [0.15, 0.2) is 0 Å². The molecule has 222 valence electrons. The van der Waals surface area contributed by atoms with Crippen LogP contribution in [0.15, 0.2) is 133 Å². The largest absolute Gasteiger partial charge is 0.0622 e. The molecule has 0 bridgehead atoms. The first-order chi connectivity index (χ1) is 22.4. The lowest BCUT2D eigenvalue weighted by atomic mass is 9.87. The van der Waals surface area contributed by atoms with E-state index in [9.17, 15) is 0 Å². The van der Waals surface area contributed by atoms with E-state index in [1.807, 2.05) is 0 Å². The summed E-state index contributed by atoms with van der Waals surface area (Å²) in [6, 6.07) is 48.9. The van der Waals surface area contributed by atoms with Gasteiger partial charge in [-0.05, 0) is 106 Å². The van der Waals surface area contributed by atoms with Crippen molar-refractivity contribution >= 4 is 45.8 Å². The quantitative estimate of drug-likeness (QED) is 0.133. The topological polar surface area (TPSA) is 0 Å². The molecule has 0 atom stereocenters. The van der Waals surface area contributed by atoms with Crippen LogP contribution < -0.4 is 0 Å². The third-order valence-electron chi connectivity index (χ3n) is 8.79. The first-order valence-electron chi connectivity index (χ1n) is 16.1. The summed E-state index contributed by atoms with van der Waals surface area (Å²) in [5.74, 6) is 0. The first kappa shape index (κ1) is 29.3. The summed E-state index contributed by atoms with van der Waals surface area (Å²) in [6.07, 6.45) is 9.11. The second kappa shape index (κ2) is 12.5. The van der Waals surface area contributed by atoms with E-state index >= 15 is 0 Å². The van der Waals surface area contributed by atoms with Crippen LogP contribution >= 0.6 is 0 Å². The van der Waals surface area contributed by atoms with Crippen molar-refractivity contribution in [3.63, 3.8) is 0 Å². The van der Waals surface area contributed by atoms with Crippen LogP contribution in [0.3, 0.4) is 0 Å². The zero-order chi connectivity index (χ0) is 31.6. The lowest BCUT2D eigenvalue weighted by molar-refractivity contribution is 1.38. The summed E-state index contributed by atoms with van der Waals surface area (Å²) in [6.45, 7) is 8.72. The van der Waals surface area contributed by atoms with Gasteiger partial charge in [-0.2, -0.15) is 0 Å².